The minimum Gasteiger partial charge on any atom is -0.368 e. The van der Waals surface area contributed by atoms with Crippen LogP contribution >= 0.6 is 11.8 Å². The molecule has 0 bridgehead atoms. The van der Waals surface area contributed by atoms with Crippen LogP contribution in [0.15, 0.2) is 33.9 Å². The van der Waals surface area contributed by atoms with Crippen LogP contribution in [0.1, 0.15) is 5.89 Å². The third-order valence-corrected chi connectivity index (χ3v) is 3.77. The summed E-state index contributed by atoms with van der Waals surface area (Å²) in [6.07, 6.45) is 0. The second kappa shape index (κ2) is 5.52. The molecule has 0 radical (unpaired) electrons. The van der Waals surface area contributed by atoms with Gasteiger partial charge in [0.1, 0.15) is 5.82 Å². The maximum absolute atomic E-state index is 12.9. The maximum atomic E-state index is 12.9. The number of nitrogen functional groups attached to an aromatic ring is 1. The summed E-state index contributed by atoms with van der Waals surface area (Å²) in [7, 11) is 1.77. The van der Waals surface area contributed by atoms with Gasteiger partial charge < -0.3 is 10.3 Å². The fourth-order valence-corrected chi connectivity index (χ4v) is 2.36. The summed E-state index contributed by atoms with van der Waals surface area (Å²) in [5.41, 5.74) is 6.29. The van der Waals surface area contributed by atoms with Gasteiger partial charge in [-0.25, -0.2) is 4.39 Å². The van der Waals surface area contributed by atoms with Crippen LogP contribution in [0.25, 0.3) is 11.4 Å². The lowest BCUT2D eigenvalue weighted by atomic mass is 10.2. The Balaban J connectivity index is 1.70. The van der Waals surface area contributed by atoms with Crippen LogP contribution in [0.2, 0.25) is 0 Å². The molecule has 0 saturated heterocycles. The summed E-state index contributed by atoms with van der Waals surface area (Å²) in [6, 6.07) is 5.89. The number of nitrogens with two attached hydrogens (primary N) is 1. The molecule has 0 saturated carbocycles. The Labute approximate surface area is 123 Å². The molecule has 2 heterocycles. The highest BCUT2D eigenvalue weighted by Crippen LogP contribution is 2.22. The summed E-state index contributed by atoms with van der Waals surface area (Å²) < 4.78 is 19.7. The molecule has 0 aliphatic carbocycles. The van der Waals surface area contributed by atoms with Crippen molar-refractivity contribution in [2.24, 2.45) is 7.05 Å². The van der Waals surface area contributed by atoms with Gasteiger partial charge in [-0.05, 0) is 24.3 Å². The number of benzene rings is 1. The summed E-state index contributed by atoms with van der Waals surface area (Å²) in [6.45, 7) is 0. The minimum atomic E-state index is -0.308. The number of rotatable bonds is 4. The topological polar surface area (TPSA) is 95.7 Å². The monoisotopic (exact) mass is 306 g/mol. The molecular weight excluding hydrogens is 295 g/mol. The Kier molecular flexibility index (Phi) is 3.57. The molecule has 0 aliphatic heterocycles. The summed E-state index contributed by atoms with van der Waals surface area (Å²) in [5.74, 6) is 1.34. The van der Waals surface area contributed by atoms with Crippen LogP contribution in [0.4, 0.5) is 10.3 Å². The van der Waals surface area contributed by atoms with Crippen molar-refractivity contribution in [1.29, 1.82) is 0 Å². The van der Waals surface area contributed by atoms with E-state index in [0.717, 1.165) is 0 Å². The molecule has 9 heteroatoms. The fourth-order valence-electron chi connectivity index (χ4n) is 1.61. The molecule has 2 aromatic heterocycles. The number of anilines is 1. The van der Waals surface area contributed by atoms with Gasteiger partial charge >= 0.3 is 0 Å². The van der Waals surface area contributed by atoms with Crippen molar-refractivity contribution < 1.29 is 8.91 Å². The molecule has 2 N–H and O–H groups in total. The Bertz CT molecular complexity index is 753. The van der Waals surface area contributed by atoms with E-state index in [1.165, 1.54) is 23.9 Å². The zero-order chi connectivity index (χ0) is 14.8. The van der Waals surface area contributed by atoms with E-state index < -0.39 is 0 Å². The average Bonchev–Trinajstić information content (AvgIpc) is 3.07. The third kappa shape index (κ3) is 2.87. The van der Waals surface area contributed by atoms with Gasteiger partial charge in [0.05, 0.1) is 5.75 Å². The molecule has 21 heavy (non-hydrogen) atoms. The first-order valence-electron chi connectivity index (χ1n) is 5.99. The Morgan fingerprint density at radius 3 is 2.71 bits per heavy atom. The number of nitrogens with zero attached hydrogens (tertiary/aromatic N) is 5. The standard InChI is InChI=1S/C12H11FN6OS/c1-19-11(14)16-17-12(19)21-6-9-15-10(18-20-9)7-2-4-8(13)5-3-7/h2-5H,6H2,1H3,(H2,14,16). The zero-order valence-electron chi connectivity index (χ0n) is 11.0. The van der Waals surface area contributed by atoms with Crippen molar-refractivity contribution >= 4 is 17.7 Å². The van der Waals surface area contributed by atoms with Crippen LogP contribution in [-0.4, -0.2) is 24.9 Å². The smallest absolute Gasteiger partial charge is 0.237 e. The molecular formula is C12H11FN6OS. The number of hydrogen-bond donors (Lipinski definition) is 1. The van der Waals surface area contributed by atoms with Crippen molar-refractivity contribution in [3.05, 3.63) is 36.0 Å². The zero-order valence-corrected chi connectivity index (χ0v) is 11.8. The van der Waals surface area contributed by atoms with Crippen LogP contribution < -0.4 is 5.73 Å². The molecule has 3 aromatic rings. The van der Waals surface area contributed by atoms with E-state index >= 15 is 0 Å². The summed E-state index contributed by atoms with van der Waals surface area (Å²) in [5, 5.41) is 12.2. The Hall–Kier alpha value is -2.42. The SMILES string of the molecule is Cn1c(N)nnc1SCc1nc(-c2ccc(F)cc2)no1. The van der Waals surface area contributed by atoms with E-state index in [-0.39, 0.29) is 5.82 Å². The quantitative estimate of drug-likeness (QED) is 0.735. The molecule has 0 amide bonds. The molecule has 7 nitrogen and oxygen atoms in total. The van der Waals surface area contributed by atoms with Crippen molar-refractivity contribution in [3.8, 4) is 11.4 Å². The van der Waals surface area contributed by atoms with Gasteiger partial charge in [-0.2, -0.15) is 4.98 Å². The highest BCUT2D eigenvalue weighted by molar-refractivity contribution is 7.98. The van der Waals surface area contributed by atoms with Crippen molar-refractivity contribution in [2.45, 2.75) is 10.9 Å². The second-order valence-electron chi connectivity index (χ2n) is 4.21. The predicted molar refractivity (Wildman–Crippen MR) is 74.7 cm³/mol. The van der Waals surface area contributed by atoms with E-state index in [4.69, 9.17) is 10.3 Å². The van der Waals surface area contributed by atoms with E-state index in [9.17, 15) is 4.39 Å². The van der Waals surface area contributed by atoms with Gasteiger partial charge in [-0.15, -0.1) is 10.2 Å². The van der Waals surface area contributed by atoms with Crippen molar-refractivity contribution in [2.75, 3.05) is 5.73 Å². The number of aromatic nitrogens is 5. The van der Waals surface area contributed by atoms with Crippen LogP contribution in [-0.2, 0) is 12.8 Å². The molecule has 1 aromatic carbocycles. The normalized spacial score (nSPS) is 11.0. The molecule has 0 atom stereocenters. The average molecular weight is 306 g/mol. The van der Waals surface area contributed by atoms with Crippen LogP contribution in [0.3, 0.4) is 0 Å². The summed E-state index contributed by atoms with van der Waals surface area (Å²) in [4.78, 5) is 4.25. The van der Waals surface area contributed by atoms with Gasteiger partial charge in [-0.1, -0.05) is 16.9 Å². The third-order valence-electron chi connectivity index (χ3n) is 2.76. The minimum absolute atomic E-state index is 0.308. The highest BCUT2D eigenvalue weighted by atomic mass is 32.2. The first-order chi connectivity index (χ1) is 10.1. The molecule has 108 valence electrons. The van der Waals surface area contributed by atoms with Gasteiger partial charge in [0, 0.05) is 12.6 Å². The Morgan fingerprint density at radius 1 is 1.29 bits per heavy atom. The van der Waals surface area contributed by atoms with Crippen LogP contribution in [0, 0.1) is 5.82 Å². The summed E-state index contributed by atoms with van der Waals surface area (Å²) >= 11 is 1.39. The fraction of sp³-hybridized carbons (Fsp3) is 0.167. The first kappa shape index (κ1) is 13.6. The van der Waals surface area contributed by atoms with Crippen LogP contribution in [0.5, 0.6) is 0 Å². The number of halogens is 1. The van der Waals surface area contributed by atoms with Gasteiger partial charge in [-0.3, -0.25) is 4.57 Å². The van der Waals surface area contributed by atoms with Gasteiger partial charge in [0.25, 0.3) is 0 Å². The maximum Gasteiger partial charge on any atom is 0.237 e. The van der Waals surface area contributed by atoms with Gasteiger partial charge in [0.15, 0.2) is 5.16 Å². The Morgan fingerprint density at radius 2 is 2.05 bits per heavy atom. The lowest BCUT2D eigenvalue weighted by Crippen LogP contribution is -1.98. The highest BCUT2D eigenvalue weighted by Gasteiger charge is 2.12. The molecule has 0 unspecified atom stereocenters. The van der Waals surface area contributed by atoms with Crippen molar-refractivity contribution in [3.63, 3.8) is 0 Å². The molecule has 0 spiro atoms. The van der Waals surface area contributed by atoms with Gasteiger partial charge in [0.2, 0.25) is 17.7 Å². The van der Waals surface area contributed by atoms with E-state index in [2.05, 4.69) is 20.3 Å². The van der Waals surface area contributed by atoms with E-state index in [1.54, 1.807) is 23.7 Å². The largest absolute Gasteiger partial charge is 0.368 e. The number of thioether (sulfide) groups is 1. The second-order valence-corrected chi connectivity index (χ2v) is 5.15. The molecule has 0 aliphatic rings. The number of hydrogen-bond acceptors (Lipinski definition) is 7. The van der Waals surface area contributed by atoms with Crippen molar-refractivity contribution in [1.82, 2.24) is 24.9 Å². The molecule has 3 rings (SSSR count). The lowest BCUT2D eigenvalue weighted by Gasteiger charge is -1.97. The lowest BCUT2D eigenvalue weighted by molar-refractivity contribution is 0.391. The predicted octanol–water partition coefficient (Wildman–Crippen LogP) is 1.88. The molecule has 0 fully saturated rings. The van der Waals surface area contributed by atoms with E-state index in [1.807, 2.05) is 0 Å². The van der Waals surface area contributed by atoms with E-state index in [0.29, 0.717) is 34.1 Å². The first-order valence-corrected chi connectivity index (χ1v) is 6.98.